The Labute approximate surface area is 128 Å². The quantitative estimate of drug-likeness (QED) is 0.903. The fourth-order valence-electron chi connectivity index (χ4n) is 2.59. The molecule has 110 valence electrons. The molecular formula is C16H18N2O2S. The van der Waals surface area contributed by atoms with Crippen molar-refractivity contribution < 1.29 is 9.90 Å². The number of aromatic nitrogens is 1. The molecule has 4 nitrogen and oxygen atoms in total. The second kappa shape index (κ2) is 6.35. The topological polar surface area (TPSA) is 62.2 Å². The molecule has 3 rings (SSSR count). The van der Waals surface area contributed by atoms with Crippen LogP contribution in [0.1, 0.15) is 29.6 Å². The van der Waals surface area contributed by atoms with E-state index in [9.17, 15) is 9.90 Å². The fourth-order valence-corrected chi connectivity index (χ4v) is 3.83. The third kappa shape index (κ3) is 3.29. The maximum Gasteiger partial charge on any atom is 0.339 e. The Morgan fingerprint density at radius 2 is 2.24 bits per heavy atom. The Hall–Kier alpha value is -1.75. The number of anilines is 1. The van der Waals surface area contributed by atoms with Crippen molar-refractivity contribution in [2.75, 3.05) is 17.6 Å². The Morgan fingerprint density at radius 1 is 1.38 bits per heavy atom. The lowest BCUT2D eigenvalue weighted by atomic mass is 10.1. The van der Waals surface area contributed by atoms with Crippen molar-refractivity contribution in [2.24, 2.45) is 0 Å². The number of benzene rings is 1. The molecule has 1 fully saturated rings. The number of nitrogens with zero attached hydrogens (tertiary/aromatic N) is 1. The van der Waals surface area contributed by atoms with Gasteiger partial charge in [0.05, 0.1) is 5.52 Å². The number of nitrogens with one attached hydrogen (secondary N) is 1. The summed E-state index contributed by atoms with van der Waals surface area (Å²) in [6.07, 6.45) is 3.74. The monoisotopic (exact) mass is 302 g/mol. The van der Waals surface area contributed by atoms with Gasteiger partial charge in [0.1, 0.15) is 11.4 Å². The van der Waals surface area contributed by atoms with E-state index in [1.807, 2.05) is 36.0 Å². The van der Waals surface area contributed by atoms with Crippen molar-refractivity contribution >= 4 is 34.5 Å². The van der Waals surface area contributed by atoms with Crippen molar-refractivity contribution in [3.05, 3.63) is 35.9 Å². The molecule has 2 aromatic rings. The van der Waals surface area contributed by atoms with Crippen molar-refractivity contribution in [3.63, 3.8) is 0 Å². The summed E-state index contributed by atoms with van der Waals surface area (Å²) in [6.45, 7) is 0.774. The highest BCUT2D eigenvalue weighted by Crippen LogP contribution is 2.26. The van der Waals surface area contributed by atoms with Gasteiger partial charge in [-0.1, -0.05) is 24.6 Å². The van der Waals surface area contributed by atoms with Crippen LogP contribution in [0.15, 0.2) is 30.3 Å². The second-order valence-electron chi connectivity index (χ2n) is 5.25. The summed E-state index contributed by atoms with van der Waals surface area (Å²) in [5.41, 5.74) is 1.07. The normalized spacial score (nSPS) is 18.6. The molecule has 0 aliphatic carbocycles. The van der Waals surface area contributed by atoms with Crippen molar-refractivity contribution in [1.29, 1.82) is 0 Å². The van der Waals surface area contributed by atoms with Gasteiger partial charge in [0.15, 0.2) is 0 Å². The van der Waals surface area contributed by atoms with Gasteiger partial charge in [0, 0.05) is 17.2 Å². The van der Waals surface area contributed by atoms with Crippen LogP contribution in [0.25, 0.3) is 10.9 Å². The first-order valence-electron chi connectivity index (χ1n) is 7.22. The SMILES string of the molecule is O=C(O)c1cc2ccccc2nc1NCC1CCCCS1. The first-order valence-corrected chi connectivity index (χ1v) is 8.27. The van der Waals surface area contributed by atoms with Gasteiger partial charge in [-0.05, 0) is 30.7 Å². The molecule has 1 atom stereocenters. The highest BCUT2D eigenvalue weighted by molar-refractivity contribution is 7.99. The molecule has 0 bridgehead atoms. The van der Waals surface area contributed by atoms with E-state index in [2.05, 4.69) is 10.3 Å². The zero-order valence-electron chi connectivity index (χ0n) is 11.7. The number of fused-ring (bicyclic) bond motifs is 1. The Morgan fingerprint density at radius 3 is 3.00 bits per heavy atom. The van der Waals surface area contributed by atoms with Gasteiger partial charge in [-0.25, -0.2) is 9.78 Å². The summed E-state index contributed by atoms with van der Waals surface area (Å²) < 4.78 is 0. The molecule has 1 aromatic heterocycles. The van der Waals surface area contributed by atoms with Gasteiger partial charge in [-0.3, -0.25) is 0 Å². The van der Waals surface area contributed by atoms with Crippen LogP contribution in [0.5, 0.6) is 0 Å². The molecule has 2 N–H and O–H groups in total. The molecular weight excluding hydrogens is 284 g/mol. The molecule has 1 aliphatic rings. The molecule has 1 aromatic carbocycles. The van der Waals surface area contributed by atoms with Crippen LogP contribution in [0.3, 0.4) is 0 Å². The molecule has 1 aliphatic heterocycles. The highest BCUT2D eigenvalue weighted by Gasteiger charge is 2.17. The summed E-state index contributed by atoms with van der Waals surface area (Å²) in [4.78, 5) is 15.9. The minimum atomic E-state index is -0.938. The van der Waals surface area contributed by atoms with Gasteiger partial charge in [-0.15, -0.1) is 0 Å². The van der Waals surface area contributed by atoms with Crippen LogP contribution < -0.4 is 5.32 Å². The molecule has 0 radical (unpaired) electrons. The number of carboxylic acid groups (broad SMARTS) is 1. The van der Waals surface area contributed by atoms with Gasteiger partial charge < -0.3 is 10.4 Å². The number of rotatable bonds is 4. The number of thioether (sulfide) groups is 1. The van der Waals surface area contributed by atoms with E-state index in [1.54, 1.807) is 6.07 Å². The lowest BCUT2D eigenvalue weighted by Gasteiger charge is -2.22. The average molecular weight is 302 g/mol. The predicted octanol–water partition coefficient (Wildman–Crippen LogP) is 3.63. The van der Waals surface area contributed by atoms with E-state index >= 15 is 0 Å². The molecule has 0 amide bonds. The van der Waals surface area contributed by atoms with Crippen LogP contribution in [0, 0.1) is 0 Å². The zero-order chi connectivity index (χ0) is 14.7. The van der Waals surface area contributed by atoms with E-state index < -0.39 is 5.97 Å². The van der Waals surface area contributed by atoms with E-state index in [4.69, 9.17) is 0 Å². The number of aromatic carboxylic acids is 1. The first kappa shape index (κ1) is 14.2. The van der Waals surface area contributed by atoms with E-state index in [0.717, 1.165) is 17.4 Å². The van der Waals surface area contributed by atoms with Gasteiger partial charge in [0.25, 0.3) is 0 Å². The zero-order valence-corrected chi connectivity index (χ0v) is 12.5. The summed E-state index contributed by atoms with van der Waals surface area (Å²) in [6, 6.07) is 9.29. The van der Waals surface area contributed by atoms with Gasteiger partial charge in [-0.2, -0.15) is 11.8 Å². The Bertz CT molecular complexity index is 654. The van der Waals surface area contributed by atoms with Crippen LogP contribution in [0.4, 0.5) is 5.82 Å². The van der Waals surface area contributed by atoms with Crippen LogP contribution in [-0.4, -0.2) is 33.6 Å². The van der Waals surface area contributed by atoms with Crippen LogP contribution in [0.2, 0.25) is 0 Å². The van der Waals surface area contributed by atoms with Gasteiger partial charge in [0.2, 0.25) is 0 Å². The smallest absolute Gasteiger partial charge is 0.339 e. The maximum atomic E-state index is 11.4. The Kier molecular flexibility index (Phi) is 4.29. The fraction of sp³-hybridized carbons (Fsp3) is 0.375. The van der Waals surface area contributed by atoms with E-state index in [1.165, 1.54) is 25.0 Å². The molecule has 2 heterocycles. The summed E-state index contributed by atoms with van der Waals surface area (Å²) in [5, 5.41) is 14.0. The minimum Gasteiger partial charge on any atom is -0.478 e. The summed E-state index contributed by atoms with van der Waals surface area (Å²) in [7, 11) is 0. The highest BCUT2D eigenvalue weighted by atomic mass is 32.2. The lowest BCUT2D eigenvalue weighted by Crippen LogP contribution is -2.21. The van der Waals surface area contributed by atoms with E-state index in [-0.39, 0.29) is 5.56 Å². The second-order valence-corrected chi connectivity index (χ2v) is 6.66. The first-order chi connectivity index (χ1) is 10.2. The number of carboxylic acids is 1. The van der Waals surface area contributed by atoms with Gasteiger partial charge >= 0.3 is 5.97 Å². The lowest BCUT2D eigenvalue weighted by molar-refractivity contribution is 0.0698. The Balaban J connectivity index is 1.84. The summed E-state index contributed by atoms with van der Waals surface area (Å²) >= 11 is 1.96. The molecule has 21 heavy (non-hydrogen) atoms. The standard InChI is InChI=1S/C16H18N2O2S/c19-16(20)13-9-11-5-1-2-7-14(11)18-15(13)17-10-12-6-3-4-8-21-12/h1-2,5,7,9,12H,3-4,6,8,10H2,(H,17,18)(H,19,20). The molecule has 1 saturated heterocycles. The predicted molar refractivity (Wildman–Crippen MR) is 87.3 cm³/mol. The van der Waals surface area contributed by atoms with Crippen LogP contribution >= 0.6 is 11.8 Å². The molecule has 0 saturated carbocycles. The summed E-state index contributed by atoms with van der Waals surface area (Å²) in [5.74, 6) is 0.739. The van der Waals surface area contributed by atoms with Crippen molar-refractivity contribution in [1.82, 2.24) is 4.98 Å². The minimum absolute atomic E-state index is 0.245. The van der Waals surface area contributed by atoms with Crippen molar-refractivity contribution in [3.8, 4) is 0 Å². The third-order valence-corrected chi connectivity index (χ3v) is 5.12. The molecule has 5 heteroatoms. The molecule has 0 spiro atoms. The number of hydrogen-bond acceptors (Lipinski definition) is 4. The number of para-hydroxylation sites is 1. The number of carbonyl (C=O) groups is 1. The van der Waals surface area contributed by atoms with Crippen molar-refractivity contribution in [2.45, 2.75) is 24.5 Å². The number of pyridine rings is 1. The average Bonchev–Trinajstić information content (AvgIpc) is 2.53. The third-order valence-electron chi connectivity index (χ3n) is 3.73. The largest absolute Gasteiger partial charge is 0.478 e. The maximum absolute atomic E-state index is 11.4. The van der Waals surface area contributed by atoms with Crippen LogP contribution in [-0.2, 0) is 0 Å². The van der Waals surface area contributed by atoms with E-state index in [0.29, 0.717) is 11.1 Å². The molecule has 1 unspecified atom stereocenters. The number of hydrogen-bond donors (Lipinski definition) is 2.